The number of amides is 1. The number of anilines is 1. The summed E-state index contributed by atoms with van der Waals surface area (Å²) in [6, 6.07) is 1.03. The molecule has 0 unspecified atom stereocenters. The van der Waals surface area contributed by atoms with Gasteiger partial charge in [-0.1, -0.05) is 6.92 Å². The average Bonchev–Trinajstić information content (AvgIpc) is 2.72. The fourth-order valence-corrected chi connectivity index (χ4v) is 3.20. The molecule has 0 aliphatic carbocycles. The summed E-state index contributed by atoms with van der Waals surface area (Å²) in [6.07, 6.45) is -1.63. The minimum atomic E-state index is -4.44. The number of rotatable bonds is 2. The Balaban J connectivity index is 1.82. The SMILES string of the molecule is CCCC(=O)N1CCN2c3ncc(C(F)(F)F)cc3OCC[C@@H]2C1. The summed E-state index contributed by atoms with van der Waals surface area (Å²) in [5.41, 5.74) is -0.809. The van der Waals surface area contributed by atoms with Crippen molar-refractivity contribution < 1.29 is 22.7 Å². The Hall–Kier alpha value is -1.99. The van der Waals surface area contributed by atoms with E-state index < -0.39 is 11.7 Å². The maximum Gasteiger partial charge on any atom is 0.418 e. The molecule has 1 fully saturated rings. The highest BCUT2D eigenvalue weighted by atomic mass is 19.4. The molecular formula is C16H20F3N3O2. The zero-order valence-corrected chi connectivity index (χ0v) is 13.5. The number of carbonyl (C=O) groups is 1. The number of fused-ring (bicyclic) bond motifs is 3. The molecule has 0 radical (unpaired) electrons. The zero-order chi connectivity index (χ0) is 17.3. The van der Waals surface area contributed by atoms with E-state index in [-0.39, 0.29) is 17.7 Å². The lowest BCUT2D eigenvalue weighted by molar-refractivity contribution is -0.138. The first-order valence-electron chi connectivity index (χ1n) is 8.14. The van der Waals surface area contributed by atoms with Crippen molar-refractivity contribution in [2.75, 3.05) is 31.1 Å². The lowest BCUT2D eigenvalue weighted by atomic mass is 10.1. The van der Waals surface area contributed by atoms with Gasteiger partial charge in [-0.25, -0.2) is 4.98 Å². The van der Waals surface area contributed by atoms with Crippen molar-refractivity contribution in [1.29, 1.82) is 0 Å². The van der Waals surface area contributed by atoms with Crippen LogP contribution in [0.5, 0.6) is 5.75 Å². The molecule has 0 spiro atoms. The van der Waals surface area contributed by atoms with Gasteiger partial charge in [0, 0.05) is 38.7 Å². The van der Waals surface area contributed by atoms with Gasteiger partial charge in [-0.3, -0.25) is 4.79 Å². The van der Waals surface area contributed by atoms with Crippen LogP contribution in [0.25, 0.3) is 0 Å². The molecule has 0 aromatic carbocycles. The monoisotopic (exact) mass is 343 g/mol. The summed E-state index contributed by atoms with van der Waals surface area (Å²) in [6.45, 7) is 3.94. The van der Waals surface area contributed by atoms with E-state index in [0.717, 1.165) is 18.7 Å². The fraction of sp³-hybridized carbons (Fsp3) is 0.625. The maximum atomic E-state index is 12.9. The Morgan fingerprint density at radius 1 is 1.42 bits per heavy atom. The van der Waals surface area contributed by atoms with Gasteiger partial charge in [0.05, 0.1) is 18.2 Å². The summed E-state index contributed by atoms with van der Waals surface area (Å²) in [5, 5.41) is 0. The predicted octanol–water partition coefficient (Wildman–Crippen LogP) is 2.70. The summed E-state index contributed by atoms with van der Waals surface area (Å²) in [4.78, 5) is 19.9. The molecule has 1 aromatic heterocycles. The topological polar surface area (TPSA) is 45.7 Å². The van der Waals surface area contributed by atoms with E-state index in [2.05, 4.69) is 4.98 Å². The van der Waals surface area contributed by atoms with Crippen molar-refractivity contribution in [3.05, 3.63) is 17.8 Å². The number of piperazine rings is 1. The van der Waals surface area contributed by atoms with Crippen LogP contribution in [0.3, 0.4) is 0 Å². The van der Waals surface area contributed by atoms with Crippen molar-refractivity contribution in [3.63, 3.8) is 0 Å². The van der Waals surface area contributed by atoms with E-state index in [1.54, 1.807) is 0 Å². The third-order valence-corrected chi connectivity index (χ3v) is 4.44. The molecule has 3 rings (SSSR count). The van der Waals surface area contributed by atoms with Crippen LogP contribution in [0.2, 0.25) is 0 Å². The molecule has 0 bridgehead atoms. The van der Waals surface area contributed by atoms with Gasteiger partial charge in [-0.05, 0) is 12.5 Å². The number of alkyl halides is 3. The van der Waals surface area contributed by atoms with Crippen LogP contribution in [0.15, 0.2) is 12.3 Å². The first-order chi connectivity index (χ1) is 11.4. The molecule has 1 aromatic rings. The molecule has 2 aliphatic rings. The Labute approximate surface area is 138 Å². The summed E-state index contributed by atoms with van der Waals surface area (Å²) in [5.74, 6) is 0.733. The Morgan fingerprint density at radius 3 is 2.92 bits per heavy atom. The molecule has 0 saturated carbocycles. The molecule has 0 N–H and O–H groups in total. The van der Waals surface area contributed by atoms with Gasteiger partial charge in [0.15, 0.2) is 11.6 Å². The Morgan fingerprint density at radius 2 is 2.21 bits per heavy atom. The molecule has 132 valence electrons. The number of ether oxygens (including phenoxy) is 1. The number of hydrogen-bond acceptors (Lipinski definition) is 4. The van der Waals surface area contributed by atoms with Crippen molar-refractivity contribution in [2.45, 2.75) is 38.4 Å². The normalized spacial score (nSPS) is 20.8. The number of carbonyl (C=O) groups excluding carboxylic acids is 1. The lowest BCUT2D eigenvalue weighted by Crippen LogP contribution is -2.55. The highest BCUT2D eigenvalue weighted by molar-refractivity contribution is 5.76. The van der Waals surface area contributed by atoms with Crippen LogP contribution < -0.4 is 9.64 Å². The van der Waals surface area contributed by atoms with E-state index >= 15 is 0 Å². The van der Waals surface area contributed by atoms with Crippen LogP contribution in [-0.4, -0.2) is 48.1 Å². The minimum Gasteiger partial charge on any atom is -0.490 e. The predicted molar refractivity (Wildman–Crippen MR) is 82.0 cm³/mol. The summed E-state index contributed by atoms with van der Waals surface area (Å²) < 4.78 is 44.1. The molecule has 1 saturated heterocycles. The van der Waals surface area contributed by atoms with E-state index in [1.807, 2.05) is 16.7 Å². The van der Waals surface area contributed by atoms with Crippen LogP contribution >= 0.6 is 0 Å². The minimum absolute atomic E-state index is 0.0186. The van der Waals surface area contributed by atoms with Crippen LogP contribution in [0.4, 0.5) is 19.0 Å². The van der Waals surface area contributed by atoms with E-state index in [4.69, 9.17) is 4.74 Å². The maximum absolute atomic E-state index is 12.9. The van der Waals surface area contributed by atoms with E-state index in [1.165, 1.54) is 0 Å². The van der Waals surface area contributed by atoms with Gasteiger partial charge < -0.3 is 14.5 Å². The first kappa shape index (κ1) is 16.9. The molecule has 1 atom stereocenters. The summed E-state index contributed by atoms with van der Waals surface area (Å²) >= 11 is 0. The van der Waals surface area contributed by atoms with Gasteiger partial charge in [0.2, 0.25) is 5.91 Å². The molecule has 24 heavy (non-hydrogen) atoms. The lowest BCUT2D eigenvalue weighted by Gasteiger charge is -2.41. The second kappa shape index (κ2) is 6.49. The van der Waals surface area contributed by atoms with Crippen molar-refractivity contribution >= 4 is 11.7 Å². The quantitative estimate of drug-likeness (QED) is 0.828. The van der Waals surface area contributed by atoms with Gasteiger partial charge in [0.25, 0.3) is 0 Å². The van der Waals surface area contributed by atoms with E-state index in [0.29, 0.717) is 44.9 Å². The van der Waals surface area contributed by atoms with Gasteiger partial charge in [0.1, 0.15) is 0 Å². The standard InChI is InChI=1S/C16H20F3N3O2/c1-2-3-14(23)21-5-6-22-12(10-21)4-7-24-13-8-11(16(17,18)19)9-20-15(13)22/h8-9,12H,2-7,10H2,1H3/t12-/m1/s1. The fourth-order valence-electron chi connectivity index (χ4n) is 3.20. The molecular weight excluding hydrogens is 323 g/mol. The number of pyridine rings is 1. The molecule has 5 nitrogen and oxygen atoms in total. The smallest absolute Gasteiger partial charge is 0.418 e. The number of nitrogens with zero attached hydrogens (tertiary/aromatic N) is 3. The third kappa shape index (κ3) is 3.27. The van der Waals surface area contributed by atoms with Crippen molar-refractivity contribution in [1.82, 2.24) is 9.88 Å². The third-order valence-electron chi connectivity index (χ3n) is 4.44. The van der Waals surface area contributed by atoms with Gasteiger partial charge in [-0.15, -0.1) is 0 Å². The van der Waals surface area contributed by atoms with Crippen LogP contribution in [0, 0.1) is 0 Å². The number of halogens is 3. The number of hydrogen-bond donors (Lipinski definition) is 0. The number of aromatic nitrogens is 1. The molecule has 3 heterocycles. The zero-order valence-electron chi connectivity index (χ0n) is 13.5. The Kier molecular flexibility index (Phi) is 4.56. The first-order valence-corrected chi connectivity index (χ1v) is 8.14. The van der Waals surface area contributed by atoms with Crippen LogP contribution in [0.1, 0.15) is 31.7 Å². The van der Waals surface area contributed by atoms with E-state index in [9.17, 15) is 18.0 Å². The molecule has 1 amide bonds. The van der Waals surface area contributed by atoms with Gasteiger partial charge >= 0.3 is 6.18 Å². The summed E-state index contributed by atoms with van der Waals surface area (Å²) in [7, 11) is 0. The average molecular weight is 343 g/mol. The highest BCUT2D eigenvalue weighted by Crippen LogP contribution is 2.37. The molecule has 2 aliphatic heterocycles. The molecule has 8 heteroatoms. The van der Waals surface area contributed by atoms with Crippen molar-refractivity contribution in [2.24, 2.45) is 0 Å². The Bertz CT molecular complexity index is 621. The van der Waals surface area contributed by atoms with Gasteiger partial charge in [-0.2, -0.15) is 13.2 Å². The second-order valence-corrected chi connectivity index (χ2v) is 6.12. The second-order valence-electron chi connectivity index (χ2n) is 6.12. The largest absolute Gasteiger partial charge is 0.490 e. The van der Waals surface area contributed by atoms with Crippen molar-refractivity contribution in [3.8, 4) is 5.75 Å². The highest BCUT2D eigenvalue weighted by Gasteiger charge is 2.36. The van der Waals surface area contributed by atoms with Crippen LogP contribution in [-0.2, 0) is 11.0 Å².